The molecule has 21 heavy (non-hydrogen) atoms. The molecule has 122 valence electrons. The highest BCUT2D eigenvalue weighted by molar-refractivity contribution is 5.82. The van der Waals surface area contributed by atoms with Crippen LogP contribution in [0.1, 0.15) is 52.4 Å². The lowest BCUT2D eigenvalue weighted by Gasteiger charge is -2.33. The van der Waals surface area contributed by atoms with Gasteiger partial charge in [0.15, 0.2) is 0 Å². The van der Waals surface area contributed by atoms with Crippen molar-refractivity contribution in [2.24, 2.45) is 17.8 Å². The molecule has 0 aromatic heterocycles. The predicted molar refractivity (Wildman–Crippen MR) is 88.5 cm³/mol. The van der Waals surface area contributed by atoms with Crippen LogP contribution in [0, 0.1) is 17.8 Å². The highest BCUT2D eigenvalue weighted by Crippen LogP contribution is 2.24. The molecule has 0 unspecified atom stereocenters. The summed E-state index contributed by atoms with van der Waals surface area (Å²) in [4.78, 5) is 17.1. The Labute approximate surface area is 131 Å². The molecular weight excluding hydrogens is 260 g/mol. The molecule has 0 aromatic rings. The lowest BCUT2D eigenvalue weighted by atomic mass is 9.87. The Hall–Kier alpha value is -0.410. The smallest absolute Gasteiger partial charge is 0.138 e. The van der Waals surface area contributed by atoms with Crippen molar-refractivity contribution in [3.8, 4) is 0 Å². The van der Waals surface area contributed by atoms with Crippen molar-refractivity contribution in [1.82, 2.24) is 9.80 Å². The molecule has 2 saturated heterocycles. The number of ketones is 1. The molecule has 0 radical (unpaired) electrons. The number of Topliss-reactive ketones (excluding diaryl/α,β-unsaturated/α-hetero) is 1. The summed E-state index contributed by atoms with van der Waals surface area (Å²) >= 11 is 0. The zero-order valence-electron chi connectivity index (χ0n) is 14.3. The molecule has 2 fully saturated rings. The van der Waals surface area contributed by atoms with E-state index in [-0.39, 0.29) is 5.92 Å². The number of hydrogen-bond donors (Lipinski definition) is 0. The van der Waals surface area contributed by atoms with Gasteiger partial charge in [-0.1, -0.05) is 13.8 Å². The first kappa shape index (κ1) is 17.0. The Morgan fingerprint density at radius 2 is 1.67 bits per heavy atom. The largest absolute Gasteiger partial charge is 0.306 e. The van der Waals surface area contributed by atoms with Crippen molar-refractivity contribution >= 4 is 5.78 Å². The van der Waals surface area contributed by atoms with E-state index in [1.165, 1.54) is 45.3 Å². The van der Waals surface area contributed by atoms with Gasteiger partial charge < -0.3 is 9.80 Å². The van der Waals surface area contributed by atoms with E-state index in [1.54, 1.807) is 0 Å². The maximum atomic E-state index is 12.0. The molecule has 0 amide bonds. The molecule has 0 saturated carbocycles. The number of carbonyl (C=O) groups is 1. The second-order valence-electron chi connectivity index (χ2n) is 7.56. The monoisotopic (exact) mass is 294 g/mol. The van der Waals surface area contributed by atoms with Gasteiger partial charge in [0.1, 0.15) is 5.78 Å². The van der Waals surface area contributed by atoms with E-state index in [0.29, 0.717) is 11.7 Å². The molecule has 0 spiro atoms. The van der Waals surface area contributed by atoms with Gasteiger partial charge in [-0.05, 0) is 84.2 Å². The van der Waals surface area contributed by atoms with Crippen LogP contribution in [0.4, 0.5) is 0 Å². The van der Waals surface area contributed by atoms with Gasteiger partial charge in [0.2, 0.25) is 0 Å². The third-order valence-corrected chi connectivity index (χ3v) is 5.48. The normalized spacial score (nSPS) is 23.8. The van der Waals surface area contributed by atoms with Crippen molar-refractivity contribution in [1.29, 1.82) is 0 Å². The molecule has 0 atom stereocenters. The third kappa shape index (κ3) is 5.37. The summed E-state index contributed by atoms with van der Waals surface area (Å²) < 4.78 is 0. The highest BCUT2D eigenvalue weighted by Gasteiger charge is 2.26. The Morgan fingerprint density at radius 1 is 1.05 bits per heavy atom. The summed E-state index contributed by atoms with van der Waals surface area (Å²) in [5.41, 5.74) is 0. The van der Waals surface area contributed by atoms with Crippen LogP contribution in [-0.2, 0) is 4.79 Å². The number of piperidine rings is 2. The van der Waals surface area contributed by atoms with Gasteiger partial charge in [0.25, 0.3) is 0 Å². The Kier molecular flexibility index (Phi) is 6.69. The van der Waals surface area contributed by atoms with Crippen molar-refractivity contribution in [2.45, 2.75) is 52.4 Å². The SMILES string of the molecule is CC(C)C(=O)C1CCN(CCCC2CCN(C)CC2)CC1. The summed E-state index contributed by atoms with van der Waals surface area (Å²) in [5.74, 6) is 2.00. The fourth-order valence-corrected chi connectivity index (χ4v) is 3.87. The van der Waals surface area contributed by atoms with Gasteiger partial charge >= 0.3 is 0 Å². The summed E-state index contributed by atoms with van der Waals surface area (Å²) in [5, 5.41) is 0. The van der Waals surface area contributed by atoms with Gasteiger partial charge in [-0.15, -0.1) is 0 Å². The van der Waals surface area contributed by atoms with Crippen LogP contribution in [0.25, 0.3) is 0 Å². The quantitative estimate of drug-likeness (QED) is 0.752. The molecular formula is C18H34N2O. The number of rotatable bonds is 6. The Morgan fingerprint density at radius 3 is 2.24 bits per heavy atom. The van der Waals surface area contributed by atoms with Crippen LogP contribution >= 0.6 is 0 Å². The van der Waals surface area contributed by atoms with E-state index in [4.69, 9.17) is 0 Å². The van der Waals surface area contributed by atoms with Crippen LogP contribution in [-0.4, -0.2) is 55.4 Å². The molecule has 0 N–H and O–H groups in total. The van der Waals surface area contributed by atoms with Crippen LogP contribution in [0.15, 0.2) is 0 Å². The van der Waals surface area contributed by atoms with Gasteiger partial charge in [-0.2, -0.15) is 0 Å². The highest BCUT2D eigenvalue weighted by atomic mass is 16.1. The molecule has 3 heteroatoms. The molecule has 2 aliphatic heterocycles. The fraction of sp³-hybridized carbons (Fsp3) is 0.944. The lowest BCUT2D eigenvalue weighted by Crippen LogP contribution is -2.38. The second-order valence-corrected chi connectivity index (χ2v) is 7.56. The molecule has 3 nitrogen and oxygen atoms in total. The van der Waals surface area contributed by atoms with Crippen molar-refractivity contribution in [3.63, 3.8) is 0 Å². The summed E-state index contributed by atoms with van der Waals surface area (Å²) in [6, 6.07) is 0. The van der Waals surface area contributed by atoms with Crippen LogP contribution in [0.2, 0.25) is 0 Å². The van der Waals surface area contributed by atoms with E-state index < -0.39 is 0 Å². The first-order valence-corrected chi connectivity index (χ1v) is 9.01. The maximum Gasteiger partial charge on any atom is 0.138 e. The van der Waals surface area contributed by atoms with E-state index in [0.717, 1.165) is 31.8 Å². The van der Waals surface area contributed by atoms with Crippen molar-refractivity contribution in [3.05, 3.63) is 0 Å². The predicted octanol–water partition coefficient (Wildman–Crippen LogP) is 3.05. The summed E-state index contributed by atoms with van der Waals surface area (Å²) in [7, 11) is 2.23. The van der Waals surface area contributed by atoms with Crippen LogP contribution in [0.3, 0.4) is 0 Å². The van der Waals surface area contributed by atoms with Crippen LogP contribution in [0.5, 0.6) is 0 Å². The minimum Gasteiger partial charge on any atom is -0.306 e. The van der Waals surface area contributed by atoms with Crippen molar-refractivity contribution in [2.75, 3.05) is 39.8 Å². The standard InChI is InChI=1S/C18H34N2O/c1-15(2)18(21)17-8-13-20(14-9-17)10-4-5-16-6-11-19(3)12-7-16/h15-17H,4-14H2,1-3H3. The van der Waals surface area contributed by atoms with E-state index in [1.807, 2.05) is 13.8 Å². The summed E-state index contributed by atoms with van der Waals surface area (Å²) in [6.07, 6.45) is 7.70. The third-order valence-electron chi connectivity index (χ3n) is 5.48. The molecule has 0 aromatic carbocycles. The number of hydrogen-bond acceptors (Lipinski definition) is 3. The first-order valence-electron chi connectivity index (χ1n) is 9.01. The maximum absolute atomic E-state index is 12.0. The molecule has 0 aliphatic carbocycles. The number of carbonyl (C=O) groups excluding carboxylic acids is 1. The lowest BCUT2D eigenvalue weighted by molar-refractivity contribution is -0.127. The topological polar surface area (TPSA) is 23.6 Å². The van der Waals surface area contributed by atoms with Gasteiger partial charge in [-0.3, -0.25) is 4.79 Å². The Bertz CT molecular complexity index is 313. The minimum absolute atomic E-state index is 0.214. The zero-order valence-corrected chi connectivity index (χ0v) is 14.3. The van der Waals surface area contributed by atoms with E-state index in [9.17, 15) is 4.79 Å². The molecule has 2 rings (SSSR count). The average Bonchev–Trinajstić information content (AvgIpc) is 2.49. The molecule has 2 heterocycles. The average molecular weight is 294 g/mol. The van der Waals surface area contributed by atoms with Crippen molar-refractivity contribution < 1.29 is 4.79 Å². The number of nitrogens with zero attached hydrogens (tertiary/aromatic N) is 2. The second kappa shape index (κ2) is 8.28. The fourth-order valence-electron chi connectivity index (χ4n) is 3.87. The van der Waals surface area contributed by atoms with Gasteiger partial charge in [-0.25, -0.2) is 0 Å². The van der Waals surface area contributed by atoms with Gasteiger partial charge in [0.05, 0.1) is 0 Å². The number of likely N-dealkylation sites (tertiary alicyclic amines) is 2. The van der Waals surface area contributed by atoms with Gasteiger partial charge in [0, 0.05) is 11.8 Å². The van der Waals surface area contributed by atoms with E-state index in [2.05, 4.69) is 16.8 Å². The Balaban J connectivity index is 1.58. The first-order chi connectivity index (χ1) is 10.1. The van der Waals surface area contributed by atoms with Crippen LogP contribution < -0.4 is 0 Å². The molecule has 0 bridgehead atoms. The zero-order chi connectivity index (χ0) is 15.2. The summed E-state index contributed by atoms with van der Waals surface area (Å²) in [6.45, 7) is 10.2. The molecule has 2 aliphatic rings. The minimum atomic E-state index is 0.214. The van der Waals surface area contributed by atoms with E-state index >= 15 is 0 Å².